The SMILES string of the molecule is COc1ccc(C2=Cc3cc(OC)c(OC)cc3C(C)(c3ccccc3)O2)cc1. The Hall–Kier alpha value is -3.40. The lowest BCUT2D eigenvalue weighted by molar-refractivity contribution is 0.0949. The minimum absolute atomic E-state index is 0.679. The Morgan fingerprint density at radius 2 is 1.41 bits per heavy atom. The first-order valence-corrected chi connectivity index (χ1v) is 9.46. The van der Waals surface area contributed by atoms with Crippen LogP contribution in [0, 0.1) is 0 Å². The van der Waals surface area contributed by atoms with Crippen LogP contribution in [0.3, 0.4) is 0 Å². The van der Waals surface area contributed by atoms with Gasteiger partial charge in [-0.05, 0) is 60.5 Å². The Morgan fingerprint density at radius 3 is 2.03 bits per heavy atom. The summed E-state index contributed by atoms with van der Waals surface area (Å²) >= 11 is 0. The van der Waals surface area contributed by atoms with Gasteiger partial charge in [0.05, 0.1) is 21.3 Å². The molecule has 0 radical (unpaired) electrons. The Labute approximate surface area is 171 Å². The molecule has 4 nitrogen and oxygen atoms in total. The molecule has 1 aliphatic heterocycles. The minimum atomic E-state index is -0.680. The molecule has 1 aliphatic rings. The van der Waals surface area contributed by atoms with Crippen LogP contribution in [0.5, 0.6) is 17.2 Å². The molecular formula is C25H24O4. The van der Waals surface area contributed by atoms with Crippen LogP contribution in [0.2, 0.25) is 0 Å². The molecule has 0 bridgehead atoms. The number of ether oxygens (including phenoxy) is 4. The molecule has 3 aromatic rings. The zero-order chi connectivity index (χ0) is 20.4. The molecule has 0 N–H and O–H groups in total. The van der Waals surface area contributed by atoms with Gasteiger partial charge < -0.3 is 18.9 Å². The minimum Gasteiger partial charge on any atom is -0.497 e. The van der Waals surface area contributed by atoms with Crippen molar-refractivity contribution in [3.63, 3.8) is 0 Å². The topological polar surface area (TPSA) is 36.9 Å². The summed E-state index contributed by atoms with van der Waals surface area (Å²) in [6.45, 7) is 2.09. The average molecular weight is 388 g/mol. The zero-order valence-electron chi connectivity index (χ0n) is 17.1. The van der Waals surface area contributed by atoms with Crippen molar-refractivity contribution >= 4 is 11.8 Å². The predicted octanol–water partition coefficient (Wildman–Crippen LogP) is 5.50. The largest absolute Gasteiger partial charge is 0.497 e. The molecule has 1 atom stereocenters. The molecule has 0 aliphatic carbocycles. The second-order valence-electron chi connectivity index (χ2n) is 7.03. The number of rotatable bonds is 5. The summed E-state index contributed by atoms with van der Waals surface area (Å²) < 4.78 is 23.0. The van der Waals surface area contributed by atoms with Crippen molar-refractivity contribution in [1.82, 2.24) is 0 Å². The monoisotopic (exact) mass is 388 g/mol. The Morgan fingerprint density at radius 1 is 0.759 bits per heavy atom. The summed E-state index contributed by atoms with van der Waals surface area (Å²) in [7, 11) is 4.95. The fourth-order valence-corrected chi connectivity index (χ4v) is 3.74. The van der Waals surface area contributed by atoms with Gasteiger partial charge in [-0.1, -0.05) is 30.3 Å². The third-order valence-corrected chi connectivity index (χ3v) is 5.37. The summed E-state index contributed by atoms with van der Waals surface area (Å²) in [6.07, 6.45) is 2.05. The van der Waals surface area contributed by atoms with E-state index in [0.29, 0.717) is 11.5 Å². The highest BCUT2D eigenvalue weighted by molar-refractivity contribution is 5.83. The standard InChI is InChI=1S/C25H24O4/c1-25(19-8-6-5-7-9-19)21-16-24(28-4)23(27-3)15-18(21)14-22(29-25)17-10-12-20(26-2)13-11-17/h5-16H,1-4H3. The van der Waals surface area contributed by atoms with E-state index in [9.17, 15) is 0 Å². The summed E-state index contributed by atoms with van der Waals surface area (Å²) in [5, 5.41) is 0. The van der Waals surface area contributed by atoms with E-state index in [0.717, 1.165) is 33.8 Å². The van der Waals surface area contributed by atoms with Gasteiger partial charge in [-0.2, -0.15) is 0 Å². The summed E-state index contributed by atoms with van der Waals surface area (Å²) in [6, 6.07) is 22.1. The van der Waals surface area contributed by atoms with Gasteiger partial charge in [-0.15, -0.1) is 0 Å². The smallest absolute Gasteiger partial charge is 0.161 e. The van der Waals surface area contributed by atoms with Crippen LogP contribution in [0.15, 0.2) is 66.7 Å². The number of benzene rings is 3. The third-order valence-electron chi connectivity index (χ3n) is 5.37. The normalized spacial score (nSPS) is 17.6. The molecule has 4 rings (SSSR count). The molecule has 3 aromatic carbocycles. The van der Waals surface area contributed by atoms with Crippen LogP contribution >= 0.6 is 0 Å². The van der Waals surface area contributed by atoms with E-state index in [1.807, 2.05) is 60.7 Å². The molecule has 0 saturated carbocycles. The molecule has 4 heteroatoms. The van der Waals surface area contributed by atoms with Crippen molar-refractivity contribution in [3.05, 3.63) is 89.0 Å². The van der Waals surface area contributed by atoms with Gasteiger partial charge in [0.15, 0.2) is 17.1 Å². The quantitative estimate of drug-likeness (QED) is 0.578. The van der Waals surface area contributed by atoms with Crippen LogP contribution in [0.4, 0.5) is 0 Å². The molecule has 0 amide bonds. The van der Waals surface area contributed by atoms with Crippen molar-refractivity contribution in [3.8, 4) is 17.2 Å². The van der Waals surface area contributed by atoms with E-state index < -0.39 is 5.60 Å². The fourth-order valence-electron chi connectivity index (χ4n) is 3.74. The van der Waals surface area contributed by atoms with Crippen LogP contribution in [0.25, 0.3) is 11.8 Å². The van der Waals surface area contributed by atoms with Gasteiger partial charge >= 0.3 is 0 Å². The molecule has 29 heavy (non-hydrogen) atoms. The van der Waals surface area contributed by atoms with E-state index >= 15 is 0 Å². The van der Waals surface area contributed by atoms with Crippen molar-refractivity contribution in [2.24, 2.45) is 0 Å². The molecule has 148 valence electrons. The van der Waals surface area contributed by atoms with Crippen LogP contribution in [-0.4, -0.2) is 21.3 Å². The molecule has 0 saturated heterocycles. The fraction of sp³-hybridized carbons (Fsp3) is 0.200. The Kier molecular flexibility index (Phi) is 4.93. The first-order valence-electron chi connectivity index (χ1n) is 9.46. The number of hydrogen-bond acceptors (Lipinski definition) is 4. The Bertz CT molecular complexity index is 1040. The van der Waals surface area contributed by atoms with E-state index in [2.05, 4.69) is 19.1 Å². The highest BCUT2D eigenvalue weighted by atomic mass is 16.5. The van der Waals surface area contributed by atoms with Gasteiger partial charge in [-0.3, -0.25) is 0 Å². The molecule has 0 spiro atoms. The zero-order valence-corrected chi connectivity index (χ0v) is 17.1. The highest BCUT2D eigenvalue weighted by Gasteiger charge is 2.38. The second kappa shape index (κ2) is 7.55. The van der Waals surface area contributed by atoms with Crippen molar-refractivity contribution in [2.45, 2.75) is 12.5 Å². The second-order valence-corrected chi connectivity index (χ2v) is 7.03. The number of fused-ring (bicyclic) bond motifs is 1. The number of methoxy groups -OCH3 is 3. The maximum Gasteiger partial charge on any atom is 0.161 e. The lowest BCUT2D eigenvalue weighted by atomic mass is 9.82. The lowest BCUT2D eigenvalue weighted by Crippen LogP contribution is -2.30. The average Bonchev–Trinajstić information content (AvgIpc) is 2.78. The molecule has 1 unspecified atom stereocenters. The van der Waals surface area contributed by atoms with Crippen LogP contribution in [0.1, 0.15) is 29.2 Å². The van der Waals surface area contributed by atoms with E-state index in [4.69, 9.17) is 18.9 Å². The molecular weight excluding hydrogens is 364 g/mol. The summed E-state index contributed by atoms with van der Waals surface area (Å²) in [5.74, 6) is 2.97. The molecule has 1 heterocycles. The van der Waals surface area contributed by atoms with E-state index in [1.165, 1.54) is 0 Å². The Balaban J connectivity index is 1.92. The number of hydrogen-bond donors (Lipinski definition) is 0. The first-order chi connectivity index (χ1) is 14.1. The maximum absolute atomic E-state index is 6.64. The predicted molar refractivity (Wildman–Crippen MR) is 114 cm³/mol. The summed E-state index contributed by atoms with van der Waals surface area (Å²) in [5.41, 5.74) is 3.42. The van der Waals surface area contributed by atoms with Crippen LogP contribution < -0.4 is 14.2 Å². The maximum atomic E-state index is 6.64. The van der Waals surface area contributed by atoms with Crippen molar-refractivity contribution in [2.75, 3.05) is 21.3 Å². The van der Waals surface area contributed by atoms with Crippen LogP contribution in [-0.2, 0) is 10.3 Å². The van der Waals surface area contributed by atoms with E-state index in [-0.39, 0.29) is 0 Å². The van der Waals surface area contributed by atoms with Crippen molar-refractivity contribution < 1.29 is 18.9 Å². The van der Waals surface area contributed by atoms with Gasteiger partial charge in [0.1, 0.15) is 11.5 Å². The van der Waals surface area contributed by atoms with Gasteiger partial charge in [0.25, 0.3) is 0 Å². The first kappa shape index (κ1) is 18.9. The summed E-state index contributed by atoms with van der Waals surface area (Å²) in [4.78, 5) is 0. The highest BCUT2D eigenvalue weighted by Crippen LogP contribution is 2.47. The van der Waals surface area contributed by atoms with Crippen molar-refractivity contribution in [1.29, 1.82) is 0 Å². The van der Waals surface area contributed by atoms with Gasteiger partial charge in [0, 0.05) is 11.1 Å². The molecule has 0 fully saturated rings. The van der Waals surface area contributed by atoms with Gasteiger partial charge in [-0.25, -0.2) is 0 Å². The lowest BCUT2D eigenvalue weighted by Gasteiger charge is -2.37. The van der Waals surface area contributed by atoms with Gasteiger partial charge in [0.2, 0.25) is 0 Å². The van der Waals surface area contributed by atoms with E-state index in [1.54, 1.807) is 21.3 Å². The molecule has 0 aromatic heterocycles. The third kappa shape index (κ3) is 3.31.